The van der Waals surface area contributed by atoms with E-state index < -0.39 is 0 Å². The molecule has 0 atom stereocenters. The molecule has 0 aromatic heterocycles. The number of para-hydroxylation sites is 2. The molecule has 1 saturated carbocycles. The molecular weight excluding hydrogens is 250 g/mol. The first-order chi connectivity index (χ1) is 9.39. The van der Waals surface area contributed by atoms with Crippen LogP contribution in [0.3, 0.4) is 0 Å². The Balaban J connectivity index is 1.79. The van der Waals surface area contributed by atoms with Crippen molar-refractivity contribution in [1.82, 2.24) is 0 Å². The largest absolute Gasteiger partial charge is 0.484 e. The van der Waals surface area contributed by atoms with E-state index in [0.717, 1.165) is 17.9 Å². The summed E-state index contributed by atoms with van der Waals surface area (Å²) in [6.45, 7) is 6.97. The molecule has 0 radical (unpaired) electrons. The van der Waals surface area contributed by atoms with Crippen LogP contribution in [0, 0.1) is 5.41 Å². The third kappa shape index (κ3) is 2.67. The van der Waals surface area contributed by atoms with Crippen LogP contribution in [0.1, 0.15) is 46.5 Å². The van der Waals surface area contributed by atoms with Crippen molar-refractivity contribution in [2.24, 2.45) is 5.41 Å². The number of hydrogen-bond donors (Lipinski definition) is 0. The second-order valence-electron chi connectivity index (χ2n) is 7.12. The van der Waals surface area contributed by atoms with Crippen molar-refractivity contribution in [2.45, 2.75) is 52.1 Å². The number of carbonyl (C=O) groups is 1. The average Bonchev–Trinajstić information content (AvgIpc) is 3.12. The summed E-state index contributed by atoms with van der Waals surface area (Å²) in [6.07, 6.45) is 4.18. The number of rotatable bonds is 3. The summed E-state index contributed by atoms with van der Waals surface area (Å²) in [4.78, 5) is 14.5. The molecule has 0 bridgehead atoms. The molecular formula is C17H23NO2. The number of benzene rings is 1. The van der Waals surface area contributed by atoms with Gasteiger partial charge in [0, 0.05) is 6.42 Å². The number of anilines is 1. The fourth-order valence-electron chi connectivity index (χ4n) is 2.79. The van der Waals surface area contributed by atoms with Gasteiger partial charge in [-0.25, -0.2) is 0 Å². The fourth-order valence-corrected chi connectivity index (χ4v) is 2.79. The number of ether oxygens (including phenoxy) is 1. The van der Waals surface area contributed by atoms with Crippen molar-refractivity contribution in [2.75, 3.05) is 11.4 Å². The second kappa shape index (κ2) is 4.51. The summed E-state index contributed by atoms with van der Waals surface area (Å²) in [6, 6.07) is 7.83. The van der Waals surface area contributed by atoms with E-state index >= 15 is 0 Å². The third-order valence-corrected chi connectivity index (χ3v) is 4.43. The molecule has 108 valence electrons. The van der Waals surface area contributed by atoms with Crippen LogP contribution < -0.4 is 9.64 Å². The highest BCUT2D eigenvalue weighted by atomic mass is 16.5. The van der Waals surface area contributed by atoms with E-state index in [-0.39, 0.29) is 11.5 Å². The Kier molecular flexibility index (Phi) is 3.03. The van der Waals surface area contributed by atoms with E-state index in [2.05, 4.69) is 6.92 Å². The van der Waals surface area contributed by atoms with Crippen LogP contribution in [-0.4, -0.2) is 18.1 Å². The minimum atomic E-state index is -0.326. The molecule has 0 N–H and O–H groups in total. The van der Waals surface area contributed by atoms with Crippen LogP contribution >= 0.6 is 0 Å². The zero-order valence-electron chi connectivity index (χ0n) is 12.6. The molecule has 1 aliphatic heterocycles. The molecule has 3 nitrogen and oxygen atoms in total. The van der Waals surface area contributed by atoms with Crippen molar-refractivity contribution in [3.8, 4) is 5.75 Å². The molecule has 1 aromatic rings. The summed E-state index contributed by atoms with van der Waals surface area (Å²) in [5.41, 5.74) is 1.02. The fraction of sp³-hybridized carbons (Fsp3) is 0.588. The Morgan fingerprint density at radius 2 is 1.95 bits per heavy atom. The van der Waals surface area contributed by atoms with Crippen LogP contribution in [0.15, 0.2) is 24.3 Å². The molecule has 20 heavy (non-hydrogen) atoms. The lowest BCUT2D eigenvalue weighted by Crippen LogP contribution is -2.49. The highest BCUT2D eigenvalue weighted by Gasteiger charge is 2.39. The molecule has 0 unspecified atom stereocenters. The normalized spacial score (nSPS) is 21.9. The SMILES string of the molecule is CC1(CCC(=O)N2CC(C)(C)Oc3ccccc32)CC1. The van der Waals surface area contributed by atoms with Gasteiger partial charge in [-0.2, -0.15) is 0 Å². The smallest absolute Gasteiger partial charge is 0.227 e. The summed E-state index contributed by atoms with van der Waals surface area (Å²) in [5.74, 6) is 1.04. The van der Waals surface area contributed by atoms with Gasteiger partial charge in [0.2, 0.25) is 5.91 Å². The van der Waals surface area contributed by atoms with Crippen LogP contribution in [0.2, 0.25) is 0 Å². The Hall–Kier alpha value is -1.51. The maximum atomic E-state index is 12.6. The van der Waals surface area contributed by atoms with E-state index in [1.807, 2.05) is 43.0 Å². The zero-order chi connectivity index (χ0) is 14.4. The van der Waals surface area contributed by atoms with E-state index in [1.165, 1.54) is 12.8 Å². The van der Waals surface area contributed by atoms with Gasteiger partial charge in [0.1, 0.15) is 11.4 Å². The van der Waals surface area contributed by atoms with Crippen LogP contribution in [0.4, 0.5) is 5.69 Å². The van der Waals surface area contributed by atoms with Gasteiger partial charge in [-0.05, 0) is 50.7 Å². The van der Waals surface area contributed by atoms with Gasteiger partial charge in [-0.1, -0.05) is 19.1 Å². The Morgan fingerprint density at radius 3 is 2.65 bits per heavy atom. The zero-order valence-corrected chi connectivity index (χ0v) is 12.6. The van der Waals surface area contributed by atoms with Crippen LogP contribution in [0.5, 0.6) is 5.75 Å². The molecule has 3 heteroatoms. The second-order valence-corrected chi connectivity index (χ2v) is 7.12. The molecule has 1 fully saturated rings. The van der Waals surface area contributed by atoms with Crippen molar-refractivity contribution < 1.29 is 9.53 Å². The Morgan fingerprint density at radius 1 is 1.25 bits per heavy atom. The van der Waals surface area contributed by atoms with Crippen LogP contribution in [-0.2, 0) is 4.79 Å². The molecule has 1 heterocycles. The first-order valence-electron chi connectivity index (χ1n) is 7.47. The topological polar surface area (TPSA) is 29.5 Å². The lowest BCUT2D eigenvalue weighted by Gasteiger charge is -2.39. The predicted octanol–water partition coefficient (Wildman–Crippen LogP) is 3.77. The van der Waals surface area contributed by atoms with Gasteiger partial charge >= 0.3 is 0 Å². The summed E-state index contributed by atoms with van der Waals surface area (Å²) in [7, 11) is 0. The predicted molar refractivity (Wildman–Crippen MR) is 80.1 cm³/mol. The summed E-state index contributed by atoms with van der Waals surface area (Å²) < 4.78 is 5.96. The minimum Gasteiger partial charge on any atom is -0.484 e. The van der Waals surface area contributed by atoms with Crippen LogP contribution in [0.25, 0.3) is 0 Å². The highest BCUT2D eigenvalue weighted by Crippen LogP contribution is 2.49. The molecule has 1 aliphatic carbocycles. The molecule has 1 aromatic carbocycles. The lowest BCUT2D eigenvalue weighted by atomic mass is 10.0. The van der Waals surface area contributed by atoms with E-state index in [4.69, 9.17) is 4.74 Å². The Bertz CT molecular complexity index is 532. The van der Waals surface area contributed by atoms with Gasteiger partial charge < -0.3 is 9.64 Å². The van der Waals surface area contributed by atoms with Gasteiger partial charge in [0.15, 0.2) is 0 Å². The monoisotopic (exact) mass is 273 g/mol. The summed E-state index contributed by atoms with van der Waals surface area (Å²) >= 11 is 0. The van der Waals surface area contributed by atoms with Gasteiger partial charge in [0.25, 0.3) is 0 Å². The van der Waals surface area contributed by atoms with Crippen molar-refractivity contribution >= 4 is 11.6 Å². The number of fused-ring (bicyclic) bond motifs is 1. The number of amides is 1. The number of hydrogen-bond acceptors (Lipinski definition) is 2. The van der Waals surface area contributed by atoms with Crippen molar-refractivity contribution in [3.63, 3.8) is 0 Å². The molecule has 0 saturated heterocycles. The van der Waals surface area contributed by atoms with Crippen molar-refractivity contribution in [1.29, 1.82) is 0 Å². The van der Waals surface area contributed by atoms with E-state index in [9.17, 15) is 4.79 Å². The molecule has 0 spiro atoms. The molecule has 1 amide bonds. The highest BCUT2D eigenvalue weighted by molar-refractivity contribution is 5.95. The quantitative estimate of drug-likeness (QED) is 0.839. The molecule has 2 aliphatic rings. The minimum absolute atomic E-state index is 0.224. The molecule has 3 rings (SSSR count). The number of carbonyl (C=O) groups excluding carboxylic acids is 1. The lowest BCUT2D eigenvalue weighted by molar-refractivity contribution is -0.119. The van der Waals surface area contributed by atoms with E-state index in [0.29, 0.717) is 18.4 Å². The Labute approximate surface area is 120 Å². The summed E-state index contributed by atoms with van der Waals surface area (Å²) in [5, 5.41) is 0. The van der Waals surface area contributed by atoms with Gasteiger partial charge in [0.05, 0.1) is 12.2 Å². The first kappa shape index (κ1) is 13.5. The first-order valence-corrected chi connectivity index (χ1v) is 7.47. The average molecular weight is 273 g/mol. The standard InChI is InChI=1S/C17H23NO2/c1-16(2)12-18(13-6-4-5-7-14(13)20-16)15(19)8-9-17(3)10-11-17/h4-7H,8-12H2,1-3H3. The maximum absolute atomic E-state index is 12.6. The third-order valence-electron chi connectivity index (χ3n) is 4.43. The maximum Gasteiger partial charge on any atom is 0.227 e. The van der Waals surface area contributed by atoms with E-state index in [1.54, 1.807) is 0 Å². The number of nitrogens with zero attached hydrogens (tertiary/aromatic N) is 1. The van der Waals surface area contributed by atoms with Gasteiger partial charge in [-0.15, -0.1) is 0 Å². The van der Waals surface area contributed by atoms with Gasteiger partial charge in [-0.3, -0.25) is 4.79 Å². The van der Waals surface area contributed by atoms with Crippen molar-refractivity contribution in [3.05, 3.63) is 24.3 Å².